The van der Waals surface area contributed by atoms with Crippen molar-refractivity contribution in [2.45, 2.75) is 38.8 Å². The molecule has 1 rings (SSSR count). The Morgan fingerprint density at radius 1 is 1.50 bits per heavy atom. The van der Waals surface area contributed by atoms with Crippen molar-refractivity contribution >= 4 is 11.9 Å². The van der Waals surface area contributed by atoms with Crippen LogP contribution in [0.5, 0.6) is 0 Å². The molecule has 0 aromatic carbocycles. The molecule has 1 aliphatic heterocycles. The van der Waals surface area contributed by atoms with Crippen molar-refractivity contribution in [2.75, 3.05) is 26.7 Å². The van der Waals surface area contributed by atoms with Gasteiger partial charge in [0.25, 0.3) is 0 Å². The zero-order chi connectivity index (χ0) is 13.5. The first kappa shape index (κ1) is 14.9. The molecule has 0 aliphatic carbocycles. The van der Waals surface area contributed by atoms with Crippen LogP contribution in [-0.4, -0.2) is 55.6 Å². The second kappa shape index (κ2) is 7.33. The molecular formula is C12H24N4O2. The highest BCUT2D eigenvalue weighted by molar-refractivity contribution is 5.96. The SMILES string of the molecule is CCNC(=O)NC(=O)C(C)N(C)C1CCCNC1. The summed E-state index contributed by atoms with van der Waals surface area (Å²) in [6.45, 7) is 6.09. The van der Waals surface area contributed by atoms with Crippen molar-refractivity contribution in [3.8, 4) is 0 Å². The van der Waals surface area contributed by atoms with Crippen molar-refractivity contribution in [2.24, 2.45) is 0 Å². The molecule has 0 radical (unpaired) electrons. The number of hydrogen-bond acceptors (Lipinski definition) is 4. The summed E-state index contributed by atoms with van der Waals surface area (Å²) in [6, 6.07) is -0.379. The first-order valence-corrected chi connectivity index (χ1v) is 6.57. The minimum Gasteiger partial charge on any atom is -0.338 e. The van der Waals surface area contributed by atoms with Crippen LogP contribution < -0.4 is 16.0 Å². The lowest BCUT2D eigenvalue weighted by atomic mass is 10.0. The molecular weight excluding hydrogens is 232 g/mol. The van der Waals surface area contributed by atoms with Gasteiger partial charge in [-0.1, -0.05) is 0 Å². The van der Waals surface area contributed by atoms with Crippen LogP contribution in [0.25, 0.3) is 0 Å². The summed E-state index contributed by atoms with van der Waals surface area (Å²) < 4.78 is 0. The van der Waals surface area contributed by atoms with Gasteiger partial charge in [0.05, 0.1) is 6.04 Å². The number of likely N-dealkylation sites (N-methyl/N-ethyl adjacent to an activating group) is 1. The van der Waals surface area contributed by atoms with Gasteiger partial charge in [0.15, 0.2) is 0 Å². The number of piperidine rings is 1. The van der Waals surface area contributed by atoms with Crippen molar-refractivity contribution in [3.63, 3.8) is 0 Å². The van der Waals surface area contributed by atoms with Gasteiger partial charge in [0.1, 0.15) is 0 Å². The molecule has 1 fully saturated rings. The number of carbonyl (C=O) groups excluding carboxylic acids is 2. The number of nitrogens with one attached hydrogen (secondary N) is 3. The molecule has 3 amide bonds. The summed E-state index contributed by atoms with van der Waals surface area (Å²) in [6.07, 6.45) is 2.21. The fourth-order valence-corrected chi connectivity index (χ4v) is 2.10. The first-order valence-electron chi connectivity index (χ1n) is 6.57. The fraction of sp³-hybridized carbons (Fsp3) is 0.833. The Balaban J connectivity index is 2.43. The van der Waals surface area contributed by atoms with Crippen LogP contribution in [0.2, 0.25) is 0 Å². The summed E-state index contributed by atoms with van der Waals surface area (Å²) in [5.74, 6) is -0.256. The topological polar surface area (TPSA) is 73.5 Å². The maximum atomic E-state index is 11.9. The summed E-state index contributed by atoms with van der Waals surface area (Å²) in [7, 11) is 1.93. The summed E-state index contributed by atoms with van der Waals surface area (Å²) in [5, 5.41) is 8.22. The maximum absolute atomic E-state index is 11.9. The van der Waals surface area contributed by atoms with E-state index in [2.05, 4.69) is 16.0 Å². The highest BCUT2D eigenvalue weighted by atomic mass is 16.2. The molecule has 104 valence electrons. The van der Waals surface area contributed by atoms with E-state index < -0.39 is 6.03 Å². The largest absolute Gasteiger partial charge is 0.338 e. The van der Waals surface area contributed by atoms with E-state index in [1.807, 2.05) is 25.8 Å². The van der Waals surface area contributed by atoms with Crippen molar-refractivity contribution in [1.82, 2.24) is 20.9 Å². The molecule has 1 heterocycles. The van der Waals surface area contributed by atoms with Gasteiger partial charge in [-0.2, -0.15) is 0 Å². The molecule has 1 saturated heterocycles. The molecule has 18 heavy (non-hydrogen) atoms. The van der Waals surface area contributed by atoms with E-state index in [0.29, 0.717) is 12.6 Å². The third kappa shape index (κ3) is 4.27. The van der Waals surface area contributed by atoms with Crippen LogP contribution in [0.3, 0.4) is 0 Å². The number of hydrogen-bond donors (Lipinski definition) is 3. The number of urea groups is 1. The Bertz CT molecular complexity index is 290. The molecule has 0 spiro atoms. The lowest BCUT2D eigenvalue weighted by Crippen LogP contribution is -2.54. The van der Waals surface area contributed by atoms with E-state index in [9.17, 15) is 9.59 Å². The van der Waals surface area contributed by atoms with E-state index in [0.717, 1.165) is 25.9 Å². The highest BCUT2D eigenvalue weighted by Crippen LogP contribution is 2.11. The van der Waals surface area contributed by atoms with Crippen LogP contribution in [0.4, 0.5) is 4.79 Å². The van der Waals surface area contributed by atoms with Gasteiger partial charge in [-0.15, -0.1) is 0 Å². The molecule has 3 N–H and O–H groups in total. The van der Waals surface area contributed by atoms with Crippen LogP contribution >= 0.6 is 0 Å². The predicted octanol–water partition coefficient (Wildman–Crippen LogP) is -0.0956. The van der Waals surface area contributed by atoms with Gasteiger partial charge in [-0.05, 0) is 40.3 Å². The molecule has 0 aromatic rings. The van der Waals surface area contributed by atoms with E-state index in [1.54, 1.807) is 0 Å². The lowest BCUT2D eigenvalue weighted by Gasteiger charge is -2.34. The van der Waals surface area contributed by atoms with Gasteiger partial charge in [-0.3, -0.25) is 15.0 Å². The van der Waals surface area contributed by atoms with Gasteiger partial charge < -0.3 is 10.6 Å². The maximum Gasteiger partial charge on any atom is 0.321 e. The third-order valence-electron chi connectivity index (χ3n) is 3.41. The monoisotopic (exact) mass is 256 g/mol. The number of amides is 3. The Morgan fingerprint density at radius 3 is 2.78 bits per heavy atom. The zero-order valence-electron chi connectivity index (χ0n) is 11.5. The van der Waals surface area contributed by atoms with Crippen LogP contribution in [-0.2, 0) is 4.79 Å². The second-order valence-corrected chi connectivity index (χ2v) is 4.69. The number of carbonyl (C=O) groups is 2. The Labute approximate surface area is 108 Å². The summed E-state index contributed by atoms with van der Waals surface area (Å²) in [5.41, 5.74) is 0. The minimum absolute atomic E-state index is 0.256. The Hall–Kier alpha value is -1.14. The highest BCUT2D eigenvalue weighted by Gasteiger charge is 2.26. The number of rotatable bonds is 4. The van der Waals surface area contributed by atoms with Gasteiger partial charge in [0, 0.05) is 19.1 Å². The van der Waals surface area contributed by atoms with Crippen molar-refractivity contribution < 1.29 is 9.59 Å². The molecule has 0 saturated carbocycles. The van der Waals surface area contributed by atoms with Crippen LogP contribution in [0.1, 0.15) is 26.7 Å². The van der Waals surface area contributed by atoms with Crippen LogP contribution in [0, 0.1) is 0 Å². The van der Waals surface area contributed by atoms with Gasteiger partial charge in [-0.25, -0.2) is 4.79 Å². The average molecular weight is 256 g/mol. The summed E-state index contributed by atoms with van der Waals surface area (Å²) >= 11 is 0. The second-order valence-electron chi connectivity index (χ2n) is 4.69. The quantitative estimate of drug-likeness (QED) is 0.657. The molecule has 0 bridgehead atoms. The molecule has 2 unspecified atom stereocenters. The van der Waals surface area contributed by atoms with Crippen molar-refractivity contribution in [3.05, 3.63) is 0 Å². The average Bonchev–Trinajstić information content (AvgIpc) is 2.38. The third-order valence-corrected chi connectivity index (χ3v) is 3.41. The molecule has 2 atom stereocenters. The summed E-state index contributed by atoms with van der Waals surface area (Å²) in [4.78, 5) is 25.2. The minimum atomic E-state index is -0.426. The molecule has 1 aliphatic rings. The predicted molar refractivity (Wildman–Crippen MR) is 70.3 cm³/mol. The van der Waals surface area contributed by atoms with E-state index in [4.69, 9.17) is 0 Å². The van der Waals surface area contributed by atoms with Crippen LogP contribution in [0.15, 0.2) is 0 Å². The van der Waals surface area contributed by atoms with E-state index in [-0.39, 0.29) is 11.9 Å². The molecule has 6 nitrogen and oxygen atoms in total. The molecule has 6 heteroatoms. The molecule has 0 aromatic heterocycles. The van der Waals surface area contributed by atoms with E-state index in [1.165, 1.54) is 0 Å². The standard InChI is InChI=1S/C12H24N4O2/c1-4-14-12(18)15-11(17)9(2)16(3)10-6-5-7-13-8-10/h9-10,13H,4-8H2,1-3H3,(H2,14,15,17,18). The van der Waals surface area contributed by atoms with Crippen molar-refractivity contribution in [1.29, 1.82) is 0 Å². The fourth-order valence-electron chi connectivity index (χ4n) is 2.10. The normalized spacial score (nSPS) is 21.4. The Morgan fingerprint density at radius 2 is 2.22 bits per heavy atom. The van der Waals surface area contributed by atoms with Gasteiger partial charge in [0.2, 0.25) is 5.91 Å². The number of nitrogens with zero attached hydrogens (tertiary/aromatic N) is 1. The Kier molecular flexibility index (Phi) is 6.07. The number of imide groups is 1. The van der Waals surface area contributed by atoms with Gasteiger partial charge >= 0.3 is 6.03 Å². The first-order chi connectivity index (χ1) is 8.56. The van der Waals surface area contributed by atoms with E-state index >= 15 is 0 Å². The smallest absolute Gasteiger partial charge is 0.321 e. The lowest BCUT2D eigenvalue weighted by molar-refractivity contribution is -0.125. The zero-order valence-corrected chi connectivity index (χ0v) is 11.5.